The molecule has 1 aromatic carbocycles. The molecule has 0 fully saturated rings. The van der Waals surface area contributed by atoms with Crippen LogP contribution < -0.4 is 10.6 Å². The van der Waals surface area contributed by atoms with Crippen molar-refractivity contribution in [2.75, 3.05) is 11.9 Å². The molecular weight excluding hydrogens is 347 g/mol. The van der Waals surface area contributed by atoms with E-state index in [1.165, 1.54) is 0 Å². The number of nitrogens with zero attached hydrogens (tertiary/aromatic N) is 2. The van der Waals surface area contributed by atoms with Crippen molar-refractivity contribution in [2.45, 2.75) is 33.7 Å². The summed E-state index contributed by atoms with van der Waals surface area (Å²) in [5.74, 6) is -0.0110. The summed E-state index contributed by atoms with van der Waals surface area (Å²) in [4.78, 5) is 12.4. The number of amides is 1. The molecule has 0 saturated carbocycles. The van der Waals surface area contributed by atoms with Crippen LogP contribution in [0.15, 0.2) is 24.3 Å². The van der Waals surface area contributed by atoms with E-state index in [0.29, 0.717) is 6.42 Å². The summed E-state index contributed by atoms with van der Waals surface area (Å²) in [5, 5.41) is 10.7. The summed E-state index contributed by atoms with van der Waals surface area (Å²) in [5.41, 5.74) is 4.92. The van der Waals surface area contributed by atoms with Crippen molar-refractivity contribution in [3.05, 3.63) is 46.8 Å². The smallest absolute Gasteiger partial charge is 0.228 e. The van der Waals surface area contributed by atoms with Gasteiger partial charge in [0.2, 0.25) is 5.91 Å². The molecule has 0 aliphatic carbocycles. The number of nitrogens with one attached hydrogen (secondary N) is 2. The van der Waals surface area contributed by atoms with Gasteiger partial charge in [-0.25, -0.2) is 0 Å². The highest BCUT2D eigenvalue weighted by molar-refractivity contribution is 5.93. The topological polar surface area (TPSA) is 58.9 Å². The van der Waals surface area contributed by atoms with Crippen molar-refractivity contribution in [2.24, 2.45) is 7.05 Å². The second-order valence-electron chi connectivity index (χ2n) is 5.44. The molecule has 2 rings (SSSR count). The molecule has 0 aliphatic heterocycles. The second kappa shape index (κ2) is 10.3. The Morgan fingerprint density at radius 3 is 2.46 bits per heavy atom. The van der Waals surface area contributed by atoms with Gasteiger partial charge in [0.05, 0.1) is 12.1 Å². The number of carbonyl (C=O) groups is 1. The first kappa shape index (κ1) is 22.4. The fourth-order valence-corrected chi connectivity index (χ4v) is 2.48. The summed E-state index contributed by atoms with van der Waals surface area (Å²) in [6.07, 6.45) is 0.348. The lowest BCUT2D eigenvalue weighted by atomic mass is 10.1. The zero-order chi connectivity index (χ0) is 16.1. The van der Waals surface area contributed by atoms with Crippen LogP contribution in [0, 0.1) is 13.8 Å². The van der Waals surface area contributed by atoms with Gasteiger partial charge in [-0.3, -0.25) is 9.48 Å². The van der Waals surface area contributed by atoms with Gasteiger partial charge in [0.25, 0.3) is 0 Å². The quantitative estimate of drug-likeness (QED) is 0.818. The van der Waals surface area contributed by atoms with Crippen molar-refractivity contribution in [1.29, 1.82) is 0 Å². The number of carbonyl (C=O) groups excluding carboxylic acids is 1. The number of aryl methyl sites for hydroxylation is 2. The summed E-state index contributed by atoms with van der Waals surface area (Å²) >= 11 is 0. The molecule has 2 aromatic rings. The molecule has 0 unspecified atom stereocenters. The van der Waals surface area contributed by atoms with E-state index in [-0.39, 0.29) is 30.7 Å². The third-order valence-corrected chi connectivity index (χ3v) is 3.85. The molecular formula is C17H26Cl2N4O. The number of hydrogen-bond donors (Lipinski definition) is 2. The van der Waals surface area contributed by atoms with Crippen LogP contribution in [-0.2, 0) is 24.8 Å². The van der Waals surface area contributed by atoms with Crippen molar-refractivity contribution < 1.29 is 4.79 Å². The molecule has 0 atom stereocenters. The van der Waals surface area contributed by atoms with E-state index in [0.717, 1.165) is 41.3 Å². The first-order valence-electron chi connectivity index (χ1n) is 7.60. The Labute approximate surface area is 156 Å². The molecule has 7 heteroatoms. The Hall–Kier alpha value is -1.56. The lowest BCUT2D eigenvalue weighted by Gasteiger charge is -2.11. The molecule has 0 radical (unpaired) electrons. The highest BCUT2D eigenvalue weighted by Crippen LogP contribution is 2.17. The van der Waals surface area contributed by atoms with E-state index in [9.17, 15) is 4.79 Å². The average Bonchev–Trinajstić information content (AvgIpc) is 2.73. The standard InChI is InChI=1S/C17H24N4O.2ClH/c1-5-18-11-14-8-6-7-9-16(14)19-17(22)10-15-12(2)20-21(4)13(15)3;;/h6-9,18H,5,10-11H2,1-4H3,(H,19,22);2*1H. The number of aromatic nitrogens is 2. The van der Waals surface area contributed by atoms with Crippen LogP contribution in [0.3, 0.4) is 0 Å². The van der Waals surface area contributed by atoms with Crippen molar-refractivity contribution in [3.63, 3.8) is 0 Å². The van der Waals surface area contributed by atoms with Crippen LogP contribution in [0.1, 0.15) is 29.4 Å². The maximum Gasteiger partial charge on any atom is 0.228 e. The number of para-hydroxylation sites is 1. The van der Waals surface area contributed by atoms with Gasteiger partial charge in [-0.15, -0.1) is 24.8 Å². The Morgan fingerprint density at radius 1 is 1.21 bits per heavy atom. The van der Waals surface area contributed by atoms with E-state index in [1.807, 2.05) is 49.8 Å². The minimum atomic E-state index is -0.0110. The van der Waals surface area contributed by atoms with Gasteiger partial charge in [0.1, 0.15) is 0 Å². The normalized spacial score (nSPS) is 9.83. The van der Waals surface area contributed by atoms with Crippen LogP contribution >= 0.6 is 24.8 Å². The van der Waals surface area contributed by atoms with Gasteiger partial charge in [0.15, 0.2) is 0 Å². The maximum atomic E-state index is 12.4. The van der Waals surface area contributed by atoms with Gasteiger partial charge in [-0.1, -0.05) is 25.1 Å². The first-order valence-corrected chi connectivity index (χ1v) is 7.60. The van der Waals surface area contributed by atoms with E-state index in [2.05, 4.69) is 22.7 Å². The number of hydrogen-bond acceptors (Lipinski definition) is 3. The number of halogens is 2. The Morgan fingerprint density at radius 2 is 1.88 bits per heavy atom. The minimum absolute atomic E-state index is 0. The molecule has 0 bridgehead atoms. The lowest BCUT2D eigenvalue weighted by Crippen LogP contribution is -2.18. The summed E-state index contributed by atoms with van der Waals surface area (Å²) in [7, 11) is 1.90. The molecule has 24 heavy (non-hydrogen) atoms. The Bertz CT molecular complexity index is 671. The van der Waals surface area contributed by atoms with Gasteiger partial charge >= 0.3 is 0 Å². The van der Waals surface area contributed by atoms with Crippen molar-refractivity contribution in [1.82, 2.24) is 15.1 Å². The molecule has 1 heterocycles. The molecule has 0 spiro atoms. The first-order chi connectivity index (χ1) is 10.5. The van der Waals surface area contributed by atoms with Gasteiger partial charge in [0, 0.05) is 30.5 Å². The largest absolute Gasteiger partial charge is 0.325 e. The van der Waals surface area contributed by atoms with E-state index < -0.39 is 0 Å². The van der Waals surface area contributed by atoms with Crippen LogP contribution in [0.2, 0.25) is 0 Å². The van der Waals surface area contributed by atoms with Gasteiger partial charge < -0.3 is 10.6 Å². The zero-order valence-corrected chi connectivity index (χ0v) is 16.2. The maximum absolute atomic E-state index is 12.4. The van der Waals surface area contributed by atoms with Crippen molar-refractivity contribution in [3.8, 4) is 0 Å². The molecule has 0 aliphatic rings. The van der Waals surface area contributed by atoms with E-state index in [1.54, 1.807) is 0 Å². The Kier molecular flexibility index (Phi) is 9.66. The second-order valence-corrected chi connectivity index (χ2v) is 5.44. The molecule has 1 amide bonds. The fraction of sp³-hybridized carbons (Fsp3) is 0.412. The monoisotopic (exact) mass is 372 g/mol. The summed E-state index contributed by atoms with van der Waals surface area (Å²) < 4.78 is 1.82. The SMILES string of the molecule is CCNCc1ccccc1NC(=O)Cc1c(C)nn(C)c1C.Cl.Cl. The predicted molar refractivity (Wildman–Crippen MR) is 103 cm³/mol. The average molecular weight is 373 g/mol. The van der Waals surface area contributed by atoms with Crippen LogP contribution in [0.4, 0.5) is 5.69 Å². The van der Waals surface area contributed by atoms with E-state index >= 15 is 0 Å². The number of rotatable bonds is 6. The third kappa shape index (κ3) is 5.51. The number of benzene rings is 1. The number of anilines is 1. The van der Waals surface area contributed by atoms with Crippen LogP contribution in [0.25, 0.3) is 0 Å². The minimum Gasteiger partial charge on any atom is -0.325 e. The van der Waals surface area contributed by atoms with Crippen LogP contribution in [-0.4, -0.2) is 22.2 Å². The lowest BCUT2D eigenvalue weighted by molar-refractivity contribution is -0.115. The van der Waals surface area contributed by atoms with E-state index in [4.69, 9.17) is 0 Å². The molecule has 5 nitrogen and oxygen atoms in total. The molecule has 134 valence electrons. The van der Waals surface area contributed by atoms with Gasteiger partial charge in [-0.2, -0.15) is 5.10 Å². The fourth-order valence-electron chi connectivity index (χ4n) is 2.48. The highest BCUT2D eigenvalue weighted by Gasteiger charge is 2.14. The van der Waals surface area contributed by atoms with Crippen molar-refractivity contribution >= 4 is 36.4 Å². The summed E-state index contributed by atoms with van der Waals surface area (Å²) in [6.45, 7) is 7.64. The summed E-state index contributed by atoms with van der Waals surface area (Å²) in [6, 6.07) is 7.88. The zero-order valence-electron chi connectivity index (χ0n) is 14.5. The molecule has 0 saturated heterocycles. The van der Waals surface area contributed by atoms with Gasteiger partial charge in [-0.05, 0) is 32.0 Å². The molecule has 2 N–H and O–H groups in total. The third-order valence-electron chi connectivity index (χ3n) is 3.85. The Balaban J connectivity index is 0.00000264. The predicted octanol–water partition coefficient (Wildman–Crippen LogP) is 3.17. The highest BCUT2D eigenvalue weighted by atomic mass is 35.5. The van der Waals surface area contributed by atoms with Crippen LogP contribution in [0.5, 0.6) is 0 Å². The molecule has 1 aromatic heterocycles.